The summed E-state index contributed by atoms with van der Waals surface area (Å²) < 4.78 is 23.1. The van der Waals surface area contributed by atoms with Crippen molar-refractivity contribution in [3.8, 4) is 11.1 Å². The zero-order valence-corrected chi connectivity index (χ0v) is 14.6. The molecule has 0 radical (unpaired) electrons. The van der Waals surface area contributed by atoms with Crippen LogP contribution >= 0.6 is 0 Å². The lowest BCUT2D eigenvalue weighted by Crippen LogP contribution is -2.10. The van der Waals surface area contributed by atoms with Gasteiger partial charge >= 0.3 is 0 Å². The highest BCUT2D eigenvalue weighted by atomic mass is 32.2. The third-order valence-electron chi connectivity index (χ3n) is 3.70. The SMILES string of the molecule is CC(C)Nc1cnnc2cc(-c3ccc(S(C)(=O)=O)cc3)ccc12. The molecule has 0 unspecified atom stereocenters. The Hall–Kier alpha value is -2.47. The lowest BCUT2D eigenvalue weighted by Gasteiger charge is -2.12. The maximum atomic E-state index is 11.6. The van der Waals surface area contributed by atoms with Gasteiger partial charge in [-0.1, -0.05) is 18.2 Å². The first kappa shape index (κ1) is 16.4. The highest BCUT2D eigenvalue weighted by molar-refractivity contribution is 7.90. The van der Waals surface area contributed by atoms with Crippen LogP contribution in [0.15, 0.2) is 53.6 Å². The van der Waals surface area contributed by atoms with Crippen molar-refractivity contribution in [2.75, 3.05) is 11.6 Å². The van der Waals surface area contributed by atoms with Gasteiger partial charge in [-0.05, 0) is 49.2 Å². The van der Waals surface area contributed by atoms with E-state index in [1.807, 2.05) is 18.2 Å². The summed E-state index contributed by atoms with van der Waals surface area (Å²) in [6.45, 7) is 4.15. The van der Waals surface area contributed by atoms with E-state index in [9.17, 15) is 8.42 Å². The van der Waals surface area contributed by atoms with Gasteiger partial charge in [0.15, 0.2) is 9.84 Å². The lowest BCUT2D eigenvalue weighted by atomic mass is 10.0. The van der Waals surface area contributed by atoms with E-state index in [4.69, 9.17) is 0 Å². The van der Waals surface area contributed by atoms with Crippen molar-refractivity contribution in [3.63, 3.8) is 0 Å². The first-order valence-corrected chi connectivity index (χ1v) is 9.56. The largest absolute Gasteiger partial charge is 0.381 e. The third kappa shape index (κ3) is 3.38. The number of fused-ring (bicyclic) bond motifs is 1. The van der Waals surface area contributed by atoms with Gasteiger partial charge in [-0.25, -0.2) is 8.42 Å². The van der Waals surface area contributed by atoms with Gasteiger partial charge in [-0.3, -0.25) is 0 Å². The Balaban J connectivity index is 2.02. The number of hydrogen-bond donors (Lipinski definition) is 1. The summed E-state index contributed by atoms with van der Waals surface area (Å²) in [5.74, 6) is 0. The molecular weight excluding hydrogens is 322 g/mol. The molecule has 0 aliphatic heterocycles. The van der Waals surface area contributed by atoms with E-state index in [1.165, 1.54) is 6.26 Å². The van der Waals surface area contributed by atoms with Crippen molar-refractivity contribution in [2.24, 2.45) is 0 Å². The van der Waals surface area contributed by atoms with Crippen molar-refractivity contribution in [1.82, 2.24) is 10.2 Å². The van der Waals surface area contributed by atoms with Crippen molar-refractivity contribution < 1.29 is 8.42 Å². The van der Waals surface area contributed by atoms with Crippen molar-refractivity contribution >= 4 is 26.4 Å². The molecule has 0 aliphatic carbocycles. The van der Waals surface area contributed by atoms with E-state index in [0.717, 1.165) is 27.7 Å². The number of nitrogens with one attached hydrogen (secondary N) is 1. The quantitative estimate of drug-likeness (QED) is 0.786. The molecule has 24 heavy (non-hydrogen) atoms. The first-order valence-electron chi connectivity index (χ1n) is 7.67. The molecular formula is C18H19N3O2S. The fourth-order valence-corrected chi connectivity index (χ4v) is 3.19. The first-order chi connectivity index (χ1) is 11.3. The van der Waals surface area contributed by atoms with Gasteiger partial charge in [-0.2, -0.15) is 10.2 Å². The van der Waals surface area contributed by atoms with Gasteiger partial charge in [0.2, 0.25) is 0 Å². The number of hydrogen-bond acceptors (Lipinski definition) is 5. The van der Waals surface area contributed by atoms with Crippen LogP contribution < -0.4 is 5.32 Å². The monoisotopic (exact) mass is 341 g/mol. The Labute approximate surface area is 141 Å². The summed E-state index contributed by atoms with van der Waals surface area (Å²) in [5, 5.41) is 12.6. The van der Waals surface area contributed by atoms with Gasteiger partial charge in [0, 0.05) is 17.7 Å². The van der Waals surface area contributed by atoms with E-state index in [-0.39, 0.29) is 0 Å². The van der Waals surface area contributed by atoms with Gasteiger partial charge in [0.05, 0.1) is 22.3 Å². The van der Waals surface area contributed by atoms with Crippen LogP contribution in [0.1, 0.15) is 13.8 Å². The summed E-state index contributed by atoms with van der Waals surface area (Å²) >= 11 is 0. The van der Waals surface area contributed by atoms with Crippen LogP contribution in [0.3, 0.4) is 0 Å². The van der Waals surface area contributed by atoms with Crippen molar-refractivity contribution in [3.05, 3.63) is 48.7 Å². The molecule has 0 amide bonds. The molecule has 1 aromatic heterocycles. The van der Waals surface area contributed by atoms with E-state index in [1.54, 1.807) is 30.5 Å². The van der Waals surface area contributed by atoms with Crippen LogP contribution in [-0.4, -0.2) is 30.9 Å². The summed E-state index contributed by atoms with van der Waals surface area (Å²) in [7, 11) is -3.18. The van der Waals surface area contributed by atoms with Crippen LogP contribution in [0.2, 0.25) is 0 Å². The minimum atomic E-state index is -3.18. The Morgan fingerprint density at radius 2 is 1.67 bits per heavy atom. The average Bonchev–Trinajstić information content (AvgIpc) is 2.53. The Morgan fingerprint density at radius 3 is 2.29 bits per heavy atom. The highest BCUT2D eigenvalue weighted by Crippen LogP contribution is 2.27. The fraction of sp³-hybridized carbons (Fsp3) is 0.222. The van der Waals surface area contributed by atoms with Crippen LogP contribution in [0.4, 0.5) is 5.69 Å². The molecule has 0 atom stereocenters. The number of anilines is 1. The van der Waals surface area contributed by atoms with Crippen molar-refractivity contribution in [2.45, 2.75) is 24.8 Å². The standard InChI is InChI=1S/C18H19N3O2S/c1-12(2)20-18-11-19-21-17-10-14(6-9-16(17)18)13-4-7-15(8-5-13)24(3,22)23/h4-12H,1-3H3,(H,20,21). The summed E-state index contributed by atoms with van der Waals surface area (Å²) in [6.07, 6.45) is 2.93. The number of benzene rings is 2. The normalized spacial score (nSPS) is 11.8. The molecule has 1 heterocycles. The second-order valence-corrected chi connectivity index (χ2v) is 8.10. The molecule has 5 nitrogen and oxygen atoms in total. The molecule has 0 spiro atoms. The van der Waals surface area contributed by atoms with E-state index >= 15 is 0 Å². The molecule has 0 saturated heterocycles. The number of aromatic nitrogens is 2. The van der Waals surface area contributed by atoms with Crippen molar-refractivity contribution in [1.29, 1.82) is 0 Å². The zero-order valence-electron chi connectivity index (χ0n) is 13.8. The Morgan fingerprint density at radius 1 is 1.00 bits per heavy atom. The molecule has 6 heteroatoms. The minimum absolute atomic E-state index is 0.306. The molecule has 0 aliphatic rings. The van der Waals surface area contributed by atoms with E-state index in [0.29, 0.717) is 10.9 Å². The number of rotatable bonds is 4. The maximum Gasteiger partial charge on any atom is 0.175 e. The average molecular weight is 341 g/mol. The van der Waals surface area contributed by atoms with Gasteiger partial charge in [0.25, 0.3) is 0 Å². The summed E-state index contributed by atoms with van der Waals surface area (Å²) in [6, 6.07) is 13.1. The Kier molecular flexibility index (Phi) is 4.24. The minimum Gasteiger partial charge on any atom is -0.381 e. The van der Waals surface area contributed by atoms with Gasteiger partial charge < -0.3 is 5.32 Å². The predicted octanol–water partition coefficient (Wildman–Crippen LogP) is 3.52. The smallest absolute Gasteiger partial charge is 0.175 e. The molecule has 124 valence electrons. The lowest BCUT2D eigenvalue weighted by molar-refractivity contribution is 0.602. The molecule has 1 N–H and O–H groups in total. The topological polar surface area (TPSA) is 72.0 Å². The van der Waals surface area contributed by atoms with Gasteiger partial charge in [0.1, 0.15) is 0 Å². The molecule has 0 bridgehead atoms. The number of sulfone groups is 1. The maximum absolute atomic E-state index is 11.6. The zero-order chi connectivity index (χ0) is 17.3. The van der Waals surface area contributed by atoms with Crippen LogP contribution in [0.5, 0.6) is 0 Å². The van der Waals surface area contributed by atoms with Crippen LogP contribution in [0.25, 0.3) is 22.0 Å². The van der Waals surface area contributed by atoms with Gasteiger partial charge in [-0.15, -0.1) is 0 Å². The molecule has 2 aromatic carbocycles. The number of nitrogens with zero attached hydrogens (tertiary/aromatic N) is 2. The van der Waals surface area contributed by atoms with E-state index in [2.05, 4.69) is 29.4 Å². The highest BCUT2D eigenvalue weighted by Gasteiger charge is 2.09. The summed E-state index contributed by atoms with van der Waals surface area (Å²) in [5.41, 5.74) is 3.66. The fourth-order valence-electron chi connectivity index (χ4n) is 2.56. The third-order valence-corrected chi connectivity index (χ3v) is 4.83. The second-order valence-electron chi connectivity index (χ2n) is 6.09. The predicted molar refractivity (Wildman–Crippen MR) is 96.8 cm³/mol. The molecule has 0 saturated carbocycles. The van der Waals surface area contributed by atoms with Crippen LogP contribution in [-0.2, 0) is 9.84 Å². The van der Waals surface area contributed by atoms with Crippen LogP contribution in [0, 0.1) is 0 Å². The summed E-state index contributed by atoms with van der Waals surface area (Å²) in [4.78, 5) is 0.315. The Bertz CT molecular complexity index is 981. The second kappa shape index (κ2) is 6.20. The molecule has 3 aromatic rings. The molecule has 3 rings (SSSR count). The van der Waals surface area contributed by atoms with E-state index < -0.39 is 9.84 Å². The molecule has 0 fully saturated rings.